The average molecular weight is 298 g/mol. The molecular formula is C16H18N4O2. The lowest BCUT2D eigenvalue weighted by Crippen LogP contribution is -2.27. The van der Waals surface area contributed by atoms with Crippen LogP contribution in [0.5, 0.6) is 5.75 Å². The summed E-state index contributed by atoms with van der Waals surface area (Å²) in [4.78, 5) is 16.3. The number of ketones is 1. The molecule has 1 N–H and O–H groups in total. The Balaban J connectivity index is 2.08. The summed E-state index contributed by atoms with van der Waals surface area (Å²) >= 11 is 0. The van der Waals surface area contributed by atoms with Crippen LogP contribution < -0.4 is 10.1 Å². The van der Waals surface area contributed by atoms with Gasteiger partial charge in [-0.3, -0.25) is 4.79 Å². The van der Waals surface area contributed by atoms with Gasteiger partial charge in [0, 0.05) is 11.3 Å². The number of Topliss-reactive ketones (excluding diaryl/α,β-unsaturated/α-hetero) is 1. The molecule has 6 heteroatoms. The average Bonchev–Trinajstić information content (AvgIpc) is 2.94. The summed E-state index contributed by atoms with van der Waals surface area (Å²) in [5, 5.41) is 7.39. The summed E-state index contributed by atoms with van der Waals surface area (Å²) < 4.78 is 7.21. The second-order valence-corrected chi connectivity index (χ2v) is 5.15. The molecule has 0 saturated heterocycles. The smallest absolute Gasteiger partial charge is 0.226 e. The van der Waals surface area contributed by atoms with Crippen LogP contribution >= 0.6 is 0 Å². The molecule has 0 aliphatic carbocycles. The van der Waals surface area contributed by atoms with Crippen LogP contribution in [0.2, 0.25) is 0 Å². The molecule has 0 saturated carbocycles. The second kappa shape index (κ2) is 5.63. The van der Waals surface area contributed by atoms with Crippen LogP contribution in [0.3, 0.4) is 0 Å². The highest BCUT2D eigenvalue weighted by molar-refractivity contribution is 5.96. The first-order chi connectivity index (χ1) is 10.6. The summed E-state index contributed by atoms with van der Waals surface area (Å²) in [6.45, 7) is 6.03. The number of aromatic nitrogens is 3. The lowest BCUT2D eigenvalue weighted by Gasteiger charge is -2.28. The predicted octanol–water partition coefficient (Wildman–Crippen LogP) is 2.55. The molecule has 2 heterocycles. The summed E-state index contributed by atoms with van der Waals surface area (Å²) in [7, 11) is 0. The number of allylic oxidation sites excluding steroid dienone is 2. The van der Waals surface area contributed by atoms with Crippen molar-refractivity contribution in [3.63, 3.8) is 0 Å². The number of fused-ring (bicyclic) bond motifs is 1. The molecule has 1 aliphatic heterocycles. The van der Waals surface area contributed by atoms with Crippen LogP contribution in [0.4, 0.5) is 5.95 Å². The molecule has 0 unspecified atom stereocenters. The molecule has 114 valence electrons. The van der Waals surface area contributed by atoms with Crippen molar-refractivity contribution in [2.24, 2.45) is 0 Å². The zero-order valence-electron chi connectivity index (χ0n) is 12.8. The second-order valence-electron chi connectivity index (χ2n) is 5.15. The number of hydrogen-bond donors (Lipinski definition) is 1. The first-order valence-corrected chi connectivity index (χ1v) is 7.22. The third-order valence-electron chi connectivity index (χ3n) is 3.68. The number of rotatable bonds is 4. The van der Waals surface area contributed by atoms with Gasteiger partial charge >= 0.3 is 0 Å². The minimum Gasteiger partial charge on any atom is -0.494 e. The number of benzene rings is 1. The quantitative estimate of drug-likeness (QED) is 0.939. The first-order valence-electron chi connectivity index (χ1n) is 7.22. The molecule has 0 fully saturated rings. The highest BCUT2D eigenvalue weighted by Crippen LogP contribution is 2.35. The van der Waals surface area contributed by atoms with Gasteiger partial charge in [-0.1, -0.05) is 12.1 Å². The number of nitrogens with one attached hydrogen (secondary N) is 1. The Morgan fingerprint density at radius 3 is 2.73 bits per heavy atom. The topological polar surface area (TPSA) is 69.0 Å². The Morgan fingerprint density at radius 2 is 2.09 bits per heavy atom. The summed E-state index contributed by atoms with van der Waals surface area (Å²) in [5.41, 5.74) is 2.48. The SMILES string of the molecule is CCOc1ccc([C@H]2C(C(C)=O)=C(C)Nc3ncnn32)cc1. The largest absolute Gasteiger partial charge is 0.494 e. The summed E-state index contributed by atoms with van der Waals surface area (Å²) in [6, 6.07) is 7.47. The summed E-state index contributed by atoms with van der Waals surface area (Å²) in [6.07, 6.45) is 1.49. The fourth-order valence-electron chi connectivity index (χ4n) is 2.77. The van der Waals surface area contributed by atoms with E-state index >= 15 is 0 Å². The molecule has 6 nitrogen and oxygen atoms in total. The number of hydrogen-bond acceptors (Lipinski definition) is 5. The molecule has 0 bridgehead atoms. The Labute approximate surface area is 128 Å². The van der Waals surface area contributed by atoms with Crippen molar-refractivity contribution < 1.29 is 9.53 Å². The van der Waals surface area contributed by atoms with Gasteiger partial charge in [0.2, 0.25) is 5.95 Å². The van der Waals surface area contributed by atoms with E-state index in [-0.39, 0.29) is 11.8 Å². The zero-order valence-corrected chi connectivity index (χ0v) is 12.8. The lowest BCUT2D eigenvalue weighted by atomic mass is 9.93. The van der Waals surface area contributed by atoms with Gasteiger partial charge in [0.1, 0.15) is 18.1 Å². The van der Waals surface area contributed by atoms with Crippen molar-refractivity contribution in [3.05, 3.63) is 47.4 Å². The van der Waals surface area contributed by atoms with Gasteiger partial charge in [0.25, 0.3) is 0 Å². The van der Waals surface area contributed by atoms with Crippen molar-refractivity contribution >= 4 is 11.7 Å². The zero-order chi connectivity index (χ0) is 15.7. The number of ether oxygens (including phenoxy) is 1. The Kier molecular flexibility index (Phi) is 3.66. The van der Waals surface area contributed by atoms with Gasteiger partial charge in [-0.15, -0.1) is 0 Å². The standard InChI is InChI=1S/C16H18N4O2/c1-4-22-13-7-5-12(6-8-13)15-14(11(3)21)10(2)19-16-17-9-18-20(15)16/h5-9,15H,4H2,1-3H3,(H,17,18,19)/t15-/m0/s1. The predicted molar refractivity (Wildman–Crippen MR) is 82.8 cm³/mol. The van der Waals surface area contributed by atoms with Crippen molar-refractivity contribution in [2.75, 3.05) is 11.9 Å². The van der Waals surface area contributed by atoms with Crippen molar-refractivity contribution in [1.82, 2.24) is 14.8 Å². The van der Waals surface area contributed by atoms with Crippen LogP contribution in [0, 0.1) is 0 Å². The van der Waals surface area contributed by atoms with Crippen LogP contribution in [-0.2, 0) is 4.79 Å². The molecule has 22 heavy (non-hydrogen) atoms. The minimum atomic E-state index is -0.271. The number of carbonyl (C=O) groups excluding carboxylic acids is 1. The highest BCUT2D eigenvalue weighted by atomic mass is 16.5. The highest BCUT2D eigenvalue weighted by Gasteiger charge is 2.31. The Bertz CT molecular complexity index is 731. The van der Waals surface area contributed by atoms with E-state index in [1.54, 1.807) is 11.6 Å². The molecule has 0 radical (unpaired) electrons. The van der Waals surface area contributed by atoms with Crippen molar-refractivity contribution in [1.29, 1.82) is 0 Å². The first kappa shape index (κ1) is 14.3. The van der Waals surface area contributed by atoms with E-state index < -0.39 is 0 Å². The van der Waals surface area contributed by atoms with Crippen LogP contribution in [0.1, 0.15) is 32.4 Å². The third-order valence-corrected chi connectivity index (χ3v) is 3.68. The van der Waals surface area contributed by atoms with Crippen LogP contribution in [-0.4, -0.2) is 27.2 Å². The molecule has 1 aromatic heterocycles. The van der Waals surface area contributed by atoms with E-state index in [2.05, 4.69) is 15.4 Å². The molecule has 0 amide bonds. The van der Waals surface area contributed by atoms with Gasteiger partial charge in [-0.25, -0.2) is 4.68 Å². The van der Waals surface area contributed by atoms with Gasteiger partial charge in [0.15, 0.2) is 5.78 Å². The third kappa shape index (κ3) is 2.36. The number of carbonyl (C=O) groups is 1. The van der Waals surface area contributed by atoms with Gasteiger partial charge in [-0.05, 0) is 38.5 Å². The monoisotopic (exact) mass is 298 g/mol. The maximum absolute atomic E-state index is 12.1. The Morgan fingerprint density at radius 1 is 1.36 bits per heavy atom. The fourth-order valence-corrected chi connectivity index (χ4v) is 2.77. The van der Waals surface area contributed by atoms with Crippen LogP contribution in [0.25, 0.3) is 0 Å². The molecule has 0 spiro atoms. The normalized spacial score (nSPS) is 17.0. The number of nitrogens with zero attached hydrogens (tertiary/aromatic N) is 3. The van der Waals surface area contributed by atoms with E-state index in [1.165, 1.54) is 6.33 Å². The van der Waals surface area contributed by atoms with Crippen molar-refractivity contribution in [2.45, 2.75) is 26.8 Å². The molecule has 3 rings (SSSR count). The summed E-state index contributed by atoms with van der Waals surface area (Å²) in [5.74, 6) is 1.47. The minimum absolute atomic E-state index is 0.0186. The lowest BCUT2D eigenvalue weighted by molar-refractivity contribution is -0.114. The fraction of sp³-hybridized carbons (Fsp3) is 0.312. The molecule has 1 aromatic carbocycles. The van der Waals surface area contributed by atoms with E-state index in [0.717, 1.165) is 17.0 Å². The van der Waals surface area contributed by atoms with E-state index in [1.807, 2.05) is 38.1 Å². The molecule has 1 aliphatic rings. The maximum Gasteiger partial charge on any atom is 0.226 e. The molecule has 1 atom stereocenters. The van der Waals surface area contributed by atoms with Crippen molar-refractivity contribution in [3.8, 4) is 5.75 Å². The maximum atomic E-state index is 12.1. The van der Waals surface area contributed by atoms with Crippen LogP contribution in [0.15, 0.2) is 41.9 Å². The Hall–Kier alpha value is -2.63. The van der Waals surface area contributed by atoms with E-state index in [9.17, 15) is 4.79 Å². The van der Waals surface area contributed by atoms with E-state index in [0.29, 0.717) is 18.1 Å². The molecular weight excluding hydrogens is 280 g/mol. The van der Waals surface area contributed by atoms with Gasteiger partial charge in [0.05, 0.1) is 6.61 Å². The number of anilines is 1. The van der Waals surface area contributed by atoms with Gasteiger partial charge in [-0.2, -0.15) is 10.1 Å². The van der Waals surface area contributed by atoms with Gasteiger partial charge < -0.3 is 10.1 Å². The molecule has 2 aromatic rings. The van der Waals surface area contributed by atoms with E-state index in [4.69, 9.17) is 4.74 Å².